The third kappa shape index (κ3) is 5.81. The quantitative estimate of drug-likeness (QED) is 0.461. The largest absolute Gasteiger partial charge is 0.378 e. The van der Waals surface area contributed by atoms with Crippen molar-refractivity contribution in [2.75, 3.05) is 32.6 Å². The van der Waals surface area contributed by atoms with Crippen LogP contribution in [0.15, 0.2) is 35.3 Å². The molecule has 0 amide bonds. The Morgan fingerprint density at radius 3 is 2.64 bits per heavy atom. The maximum Gasteiger partial charge on any atom is 0.191 e. The van der Waals surface area contributed by atoms with Gasteiger partial charge < -0.3 is 15.5 Å². The van der Waals surface area contributed by atoms with E-state index in [4.69, 9.17) is 0 Å². The first-order valence-electron chi connectivity index (χ1n) is 8.71. The lowest BCUT2D eigenvalue weighted by atomic mass is 10.2. The van der Waals surface area contributed by atoms with E-state index in [2.05, 4.69) is 81.7 Å². The highest BCUT2D eigenvalue weighted by Gasteiger charge is 2.02. The van der Waals surface area contributed by atoms with Gasteiger partial charge in [-0.1, -0.05) is 12.1 Å². The molecule has 2 rings (SSSR count). The minimum atomic E-state index is 0.749. The van der Waals surface area contributed by atoms with Gasteiger partial charge in [-0.05, 0) is 44.0 Å². The van der Waals surface area contributed by atoms with E-state index in [9.17, 15) is 0 Å². The molecule has 6 nitrogen and oxygen atoms in total. The van der Waals surface area contributed by atoms with Crippen LogP contribution in [0, 0.1) is 13.8 Å². The average Bonchev–Trinajstić information content (AvgIpc) is 2.92. The Labute approximate surface area is 151 Å². The predicted octanol–water partition coefficient (Wildman–Crippen LogP) is 2.32. The molecule has 1 heterocycles. The summed E-state index contributed by atoms with van der Waals surface area (Å²) in [5.74, 6) is 0.823. The third-order valence-electron chi connectivity index (χ3n) is 4.05. The fourth-order valence-corrected chi connectivity index (χ4v) is 2.69. The predicted molar refractivity (Wildman–Crippen MR) is 105 cm³/mol. The number of aliphatic imine (C=N–C) groups is 1. The molecule has 2 N–H and O–H groups in total. The summed E-state index contributed by atoms with van der Waals surface area (Å²) in [6.45, 7) is 6.64. The summed E-state index contributed by atoms with van der Waals surface area (Å²) in [7, 11) is 5.90. The molecule has 2 aromatic rings. The molecule has 0 bridgehead atoms. The summed E-state index contributed by atoms with van der Waals surface area (Å²) in [6, 6.07) is 10.6. The van der Waals surface area contributed by atoms with Crippen LogP contribution in [0.25, 0.3) is 0 Å². The number of hydrogen-bond donors (Lipinski definition) is 2. The van der Waals surface area contributed by atoms with Crippen LogP contribution in [0.1, 0.15) is 23.4 Å². The van der Waals surface area contributed by atoms with Crippen molar-refractivity contribution in [1.29, 1.82) is 0 Å². The second kappa shape index (κ2) is 9.11. The van der Waals surface area contributed by atoms with Gasteiger partial charge in [0, 0.05) is 52.2 Å². The highest BCUT2D eigenvalue weighted by Crippen LogP contribution is 2.13. The van der Waals surface area contributed by atoms with E-state index in [0.29, 0.717) is 0 Å². The number of rotatable bonds is 7. The molecule has 25 heavy (non-hydrogen) atoms. The Morgan fingerprint density at radius 1 is 1.20 bits per heavy atom. The number of nitrogens with zero attached hydrogens (tertiary/aromatic N) is 4. The zero-order valence-corrected chi connectivity index (χ0v) is 16.0. The Balaban J connectivity index is 1.75. The molecule has 0 unspecified atom stereocenters. The van der Waals surface area contributed by atoms with E-state index in [1.165, 1.54) is 16.9 Å². The molecule has 0 spiro atoms. The second-order valence-electron chi connectivity index (χ2n) is 6.42. The highest BCUT2D eigenvalue weighted by molar-refractivity contribution is 5.79. The van der Waals surface area contributed by atoms with Crippen molar-refractivity contribution in [1.82, 2.24) is 20.4 Å². The molecular formula is C19H30N6. The van der Waals surface area contributed by atoms with E-state index in [1.54, 1.807) is 7.05 Å². The van der Waals surface area contributed by atoms with Gasteiger partial charge in [-0.25, -0.2) is 0 Å². The molecule has 0 aliphatic carbocycles. The van der Waals surface area contributed by atoms with Crippen molar-refractivity contribution in [2.45, 2.75) is 33.4 Å². The maximum absolute atomic E-state index is 4.48. The van der Waals surface area contributed by atoms with Crippen molar-refractivity contribution >= 4 is 11.6 Å². The second-order valence-corrected chi connectivity index (χ2v) is 6.42. The summed E-state index contributed by atoms with van der Waals surface area (Å²) in [5, 5.41) is 11.2. The Morgan fingerprint density at radius 2 is 2.00 bits per heavy atom. The highest BCUT2D eigenvalue weighted by atomic mass is 15.3. The summed E-state index contributed by atoms with van der Waals surface area (Å²) < 4.78 is 2.06. The van der Waals surface area contributed by atoms with Gasteiger partial charge in [-0.3, -0.25) is 9.67 Å². The lowest BCUT2D eigenvalue weighted by molar-refractivity contribution is 0.555. The zero-order valence-electron chi connectivity index (χ0n) is 16.0. The Kier molecular flexibility index (Phi) is 6.86. The summed E-state index contributed by atoms with van der Waals surface area (Å²) in [6.07, 6.45) is 0.999. The number of anilines is 1. The Bertz CT molecular complexity index is 702. The lowest BCUT2D eigenvalue weighted by Crippen LogP contribution is -2.37. The van der Waals surface area contributed by atoms with Gasteiger partial charge in [-0.15, -0.1) is 0 Å². The van der Waals surface area contributed by atoms with Crippen molar-refractivity contribution in [3.05, 3.63) is 47.3 Å². The normalized spacial score (nSPS) is 11.5. The summed E-state index contributed by atoms with van der Waals surface area (Å²) >= 11 is 0. The lowest BCUT2D eigenvalue weighted by Gasteiger charge is -2.15. The molecule has 0 aliphatic rings. The average molecular weight is 342 g/mol. The first-order valence-corrected chi connectivity index (χ1v) is 8.71. The molecular weight excluding hydrogens is 312 g/mol. The van der Waals surface area contributed by atoms with E-state index in [1.807, 2.05) is 6.92 Å². The zero-order chi connectivity index (χ0) is 18.2. The van der Waals surface area contributed by atoms with Gasteiger partial charge >= 0.3 is 0 Å². The summed E-state index contributed by atoms with van der Waals surface area (Å²) in [4.78, 5) is 6.40. The van der Waals surface area contributed by atoms with Crippen LogP contribution in [-0.4, -0.2) is 43.4 Å². The van der Waals surface area contributed by atoms with Gasteiger partial charge in [0.15, 0.2) is 5.96 Å². The number of aryl methyl sites for hydroxylation is 3. The molecule has 0 aliphatic heterocycles. The van der Waals surface area contributed by atoms with Crippen molar-refractivity contribution in [2.24, 2.45) is 4.99 Å². The fourth-order valence-electron chi connectivity index (χ4n) is 2.69. The van der Waals surface area contributed by atoms with Gasteiger partial charge in [0.2, 0.25) is 0 Å². The molecule has 0 fully saturated rings. The Hall–Kier alpha value is -2.50. The van der Waals surface area contributed by atoms with Crippen LogP contribution in [0.5, 0.6) is 0 Å². The van der Waals surface area contributed by atoms with E-state index in [0.717, 1.165) is 37.7 Å². The van der Waals surface area contributed by atoms with Gasteiger partial charge in [0.1, 0.15) is 0 Å². The van der Waals surface area contributed by atoms with Crippen molar-refractivity contribution < 1.29 is 0 Å². The van der Waals surface area contributed by atoms with Crippen molar-refractivity contribution in [3.8, 4) is 0 Å². The van der Waals surface area contributed by atoms with Crippen LogP contribution in [0.4, 0.5) is 5.69 Å². The van der Waals surface area contributed by atoms with Crippen LogP contribution >= 0.6 is 0 Å². The number of guanidine groups is 1. The SMILES string of the molecule is CN=C(NCCCn1nc(C)cc1C)NCc1cccc(N(C)C)c1. The molecule has 1 aromatic carbocycles. The number of aromatic nitrogens is 2. The molecule has 6 heteroatoms. The topological polar surface area (TPSA) is 57.5 Å². The standard InChI is InChI=1S/C19H30N6/c1-15-12-16(2)25(23-15)11-7-10-21-19(20-3)22-14-17-8-6-9-18(13-17)24(4)5/h6,8-9,12-13H,7,10-11,14H2,1-5H3,(H2,20,21,22). The fraction of sp³-hybridized carbons (Fsp3) is 0.474. The van der Waals surface area contributed by atoms with Gasteiger partial charge in [-0.2, -0.15) is 5.10 Å². The molecule has 0 saturated heterocycles. The first kappa shape index (κ1) is 18.8. The molecule has 0 saturated carbocycles. The minimum Gasteiger partial charge on any atom is -0.378 e. The van der Waals surface area contributed by atoms with Crippen LogP contribution < -0.4 is 15.5 Å². The van der Waals surface area contributed by atoms with Gasteiger partial charge in [0.25, 0.3) is 0 Å². The van der Waals surface area contributed by atoms with Crippen LogP contribution in [-0.2, 0) is 13.1 Å². The molecule has 1 aromatic heterocycles. The number of hydrogen-bond acceptors (Lipinski definition) is 3. The molecule has 0 atom stereocenters. The van der Waals surface area contributed by atoms with Crippen LogP contribution in [0.3, 0.4) is 0 Å². The minimum absolute atomic E-state index is 0.749. The maximum atomic E-state index is 4.48. The summed E-state index contributed by atoms with van der Waals surface area (Å²) in [5.41, 5.74) is 4.72. The van der Waals surface area contributed by atoms with Crippen molar-refractivity contribution in [3.63, 3.8) is 0 Å². The third-order valence-corrected chi connectivity index (χ3v) is 4.05. The smallest absolute Gasteiger partial charge is 0.191 e. The van der Waals surface area contributed by atoms with Gasteiger partial charge in [0.05, 0.1) is 5.69 Å². The number of nitrogens with one attached hydrogen (secondary N) is 2. The monoisotopic (exact) mass is 342 g/mol. The van der Waals surface area contributed by atoms with Crippen LogP contribution in [0.2, 0.25) is 0 Å². The molecule has 136 valence electrons. The van der Waals surface area contributed by atoms with E-state index < -0.39 is 0 Å². The molecule has 0 radical (unpaired) electrons. The van der Waals surface area contributed by atoms with E-state index >= 15 is 0 Å². The number of benzene rings is 1. The first-order chi connectivity index (χ1) is 12.0. The van der Waals surface area contributed by atoms with E-state index in [-0.39, 0.29) is 0 Å².